The summed E-state index contributed by atoms with van der Waals surface area (Å²) in [4.78, 5) is 11.5. The van der Waals surface area contributed by atoms with Gasteiger partial charge in [-0.05, 0) is 17.7 Å². The molecule has 0 heterocycles. The Morgan fingerprint density at radius 1 is 1.50 bits per heavy atom. The normalized spacial score (nSPS) is 12.2. The Morgan fingerprint density at radius 2 is 2.12 bits per heavy atom. The Labute approximate surface area is 103 Å². The van der Waals surface area contributed by atoms with Gasteiger partial charge in [-0.25, -0.2) is 4.79 Å². The second kappa shape index (κ2) is 6.62. The smallest absolute Gasteiger partial charge is 0.327 e. The highest BCUT2D eigenvalue weighted by Crippen LogP contribution is 2.17. The van der Waals surface area contributed by atoms with Gasteiger partial charge in [0.25, 0.3) is 0 Å². The summed E-state index contributed by atoms with van der Waals surface area (Å²) in [5.74, 6) is -0.365. The van der Waals surface area contributed by atoms with Gasteiger partial charge in [-0.1, -0.05) is 28.1 Å². The third kappa shape index (κ3) is 3.59. The van der Waals surface area contributed by atoms with Crippen LogP contribution in [0.15, 0.2) is 28.7 Å². The summed E-state index contributed by atoms with van der Waals surface area (Å²) in [7, 11) is 1.34. The molecule has 4 nitrogen and oxygen atoms in total. The van der Waals surface area contributed by atoms with Crippen LogP contribution < -0.4 is 5.32 Å². The van der Waals surface area contributed by atoms with Gasteiger partial charge in [0.15, 0.2) is 0 Å². The zero-order chi connectivity index (χ0) is 12.0. The molecule has 5 heteroatoms. The molecule has 0 unspecified atom stereocenters. The molecular weight excluding hydrogens is 274 g/mol. The van der Waals surface area contributed by atoms with Gasteiger partial charge < -0.3 is 9.84 Å². The monoisotopic (exact) mass is 287 g/mol. The van der Waals surface area contributed by atoms with E-state index < -0.39 is 6.04 Å². The maximum atomic E-state index is 11.5. The van der Waals surface area contributed by atoms with E-state index >= 15 is 0 Å². The fraction of sp³-hybridized carbons (Fsp3) is 0.364. The first kappa shape index (κ1) is 13.2. The Kier molecular flexibility index (Phi) is 5.45. The summed E-state index contributed by atoms with van der Waals surface area (Å²) < 4.78 is 5.65. The molecule has 2 N–H and O–H groups in total. The lowest BCUT2D eigenvalue weighted by Gasteiger charge is -2.16. The van der Waals surface area contributed by atoms with Gasteiger partial charge in [-0.3, -0.25) is 5.32 Å². The minimum Gasteiger partial charge on any atom is -0.468 e. The van der Waals surface area contributed by atoms with Crippen molar-refractivity contribution in [2.75, 3.05) is 20.3 Å². The van der Waals surface area contributed by atoms with Crippen LogP contribution in [-0.4, -0.2) is 31.3 Å². The number of ether oxygens (including phenoxy) is 1. The van der Waals surface area contributed by atoms with Crippen LogP contribution in [0.25, 0.3) is 0 Å². The van der Waals surface area contributed by atoms with E-state index in [0.717, 1.165) is 10.0 Å². The summed E-state index contributed by atoms with van der Waals surface area (Å²) >= 11 is 3.32. The second-order valence-electron chi connectivity index (χ2n) is 3.19. The van der Waals surface area contributed by atoms with E-state index in [1.807, 2.05) is 24.3 Å². The quantitative estimate of drug-likeness (QED) is 0.801. The molecule has 16 heavy (non-hydrogen) atoms. The van der Waals surface area contributed by atoms with Crippen LogP contribution in [0.2, 0.25) is 0 Å². The third-order valence-corrected chi connectivity index (χ3v) is 2.63. The number of halogens is 1. The fourth-order valence-electron chi connectivity index (χ4n) is 1.32. The Hall–Kier alpha value is -0.910. The number of hydrogen-bond donors (Lipinski definition) is 2. The van der Waals surface area contributed by atoms with Gasteiger partial charge in [-0.15, -0.1) is 0 Å². The standard InChI is InChI=1S/C11H14BrNO3/c1-16-11(15)10(13-6-7-14)8-2-4-9(12)5-3-8/h2-5,10,13-14H,6-7H2,1H3/t10-/m0/s1. The topological polar surface area (TPSA) is 58.6 Å². The van der Waals surface area contributed by atoms with E-state index in [-0.39, 0.29) is 12.6 Å². The molecule has 0 aliphatic rings. The number of nitrogens with one attached hydrogen (secondary N) is 1. The Bertz CT molecular complexity index is 340. The van der Waals surface area contributed by atoms with E-state index in [2.05, 4.69) is 21.2 Å². The molecule has 1 aromatic rings. The molecule has 0 aliphatic carbocycles. The number of hydrogen-bond acceptors (Lipinski definition) is 4. The van der Waals surface area contributed by atoms with Crippen molar-refractivity contribution >= 4 is 21.9 Å². The maximum Gasteiger partial charge on any atom is 0.327 e. The minimum atomic E-state index is -0.537. The molecule has 0 spiro atoms. The summed E-state index contributed by atoms with van der Waals surface area (Å²) in [5.41, 5.74) is 0.809. The Morgan fingerprint density at radius 3 is 2.62 bits per heavy atom. The van der Waals surface area contributed by atoms with Crippen LogP contribution in [0.4, 0.5) is 0 Å². The molecular formula is C11H14BrNO3. The lowest BCUT2D eigenvalue weighted by Crippen LogP contribution is -2.31. The number of carbonyl (C=O) groups excluding carboxylic acids is 1. The van der Waals surface area contributed by atoms with Crippen LogP contribution in [-0.2, 0) is 9.53 Å². The molecule has 0 aromatic heterocycles. The number of esters is 1. The predicted octanol–water partition coefficient (Wildman–Crippen LogP) is 1.25. The number of methoxy groups -OCH3 is 1. The van der Waals surface area contributed by atoms with Crippen LogP contribution in [0.3, 0.4) is 0 Å². The van der Waals surface area contributed by atoms with Crippen molar-refractivity contribution in [2.45, 2.75) is 6.04 Å². The van der Waals surface area contributed by atoms with Gasteiger partial charge in [0, 0.05) is 11.0 Å². The molecule has 1 atom stereocenters. The lowest BCUT2D eigenvalue weighted by molar-refractivity contribution is -0.143. The third-order valence-electron chi connectivity index (χ3n) is 2.10. The largest absolute Gasteiger partial charge is 0.468 e. The van der Waals surface area contributed by atoms with Gasteiger partial charge in [0.1, 0.15) is 6.04 Å². The van der Waals surface area contributed by atoms with Crippen molar-refractivity contribution < 1.29 is 14.6 Å². The van der Waals surface area contributed by atoms with E-state index in [0.29, 0.717) is 6.54 Å². The molecule has 0 radical (unpaired) electrons. The molecule has 1 aromatic carbocycles. The fourth-order valence-corrected chi connectivity index (χ4v) is 1.58. The number of aliphatic hydroxyl groups is 1. The number of carbonyl (C=O) groups is 1. The molecule has 0 aliphatic heterocycles. The van der Waals surface area contributed by atoms with Crippen LogP contribution in [0.5, 0.6) is 0 Å². The first-order valence-electron chi connectivity index (χ1n) is 4.86. The van der Waals surface area contributed by atoms with Crippen molar-refractivity contribution in [3.63, 3.8) is 0 Å². The average Bonchev–Trinajstić information content (AvgIpc) is 2.31. The van der Waals surface area contributed by atoms with Crippen LogP contribution >= 0.6 is 15.9 Å². The lowest BCUT2D eigenvalue weighted by atomic mass is 10.1. The maximum absolute atomic E-state index is 11.5. The van der Waals surface area contributed by atoms with Crippen molar-refractivity contribution in [3.05, 3.63) is 34.3 Å². The van der Waals surface area contributed by atoms with Gasteiger partial charge in [0.2, 0.25) is 0 Å². The highest BCUT2D eigenvalue weighted by atomic mass is 79.9. The van der Waals surface area contributed by atoms with Crippen LogP contribution in [0, 0.1) is 0 Å². The van der Waals surface area contributed by atoms with Gasteiger partial charge in [0.05, 0.1) is 13.7 Å². The summed E-state index contributed by atoms with van der Waals surface area (Å²) in [6.45, 7) is 0.319. The molecule has 88 valence electrons. The molecule has 0 fully saturated rings. The molecule has 0 saturated heterocycles. The zero-order valence-electron chi connectivity index (χ0n) is 8.94. The number of benzene rings is 1. The average molecular weight is 288 g/mol. The molecule has 1 rings (SSSR count). The van der Waals surface area contributed by atoms with E-state index in [1.165, 1.54) is 7.11 Å². The van der Waals surface area contributed by atoms with Gasteiger partial charge >= 0.3 is 5.97 Å². The minimum absolute atomic E-state index is 0.0238. The van der Waals surface area contributed by atoms with E-state index in [9.17, 15) is 4.79 Å². The Balaban J connectivity index is 2.82. The number of rotatable bonds is 5. The van der Waals surface area contributed by atoms with Gasteiger partial charge in [-0.2, -0.15) is 0 Å². The van der Waals surface area contributed by atoms with Crippen LogP contribution in [0.1, 0.15) is 11.6 Å². The molecule has 0 amide bonds. The van der Waals surface area contributed by atoms with Crippen molar-refractivity contribution in [2.24, 2.45) is 0 Å². The first-order valence-corrected chi connectivity index (χ1v) is 5.66. The van der Waals surface area contributed by atoms with Crippen molar-refractivity contribution in [1.82, 2.24) is 5.32 Å². The SMILES string of the molecule is COC(=O)[C@@H](NCCO)c1ccc(Br)cc1. The highest BCUT2D eigenvalue weighted by Gasteiger charge is 2.20. The second-order valence-corrected chi connectivity index (χ2v) is 4.10. The van der Waals surface area contributed by atoms with Crippen molar-refractivity contribution in [3.8, 4) is 0 Å². The van der Waals surface area contributed by atoms with E-state index in [4.69, 9.17) is 9.84 Å². The summed E-state index contributed by atoms with van der Waals surface area (Å²) in [5, 5.41) is 11.7. The summed E-state index contributed by atoms with van der Waals surface area (Å²) in [6, 6.07) is 6.83. The van der Waals surface area contributed by atoms with Crippen molar-refractivity contribution in [1.29, 1.82) is 0 Å². The highest BCUT2D eigenvalue weighted by molar-refractivity contribution is 9.10. The zero-order valence-corrected chi connectivity index (χ0v) is 10.5. The number of aliphatic hydroxyl groups excluding tert-OH is 1. The summed E-state index contributed by atoms with van der Waals surface area (Å²) in [6.07, 6.45) is 0. The predicted molar refractivity (Wildman–Crippen MR) is 64.0 cm³/mol. The molecule has 0 bridgehead atoms. The van der Waals surface area contributed by atoms with E-state index in [1.54, 1.807) is 0 Å². The first-order chi connectivity index (χ1) is 7.69. The molecule has 0 saturated carbocycles.